The molecule has 0 radical (unpaired) electrons. The van der Waals surface area contributed by atoms with Crippen LogP contribution in [0, 0.1) is 0 Å². The summed E-state index contributed by atoms with van der Waals surface area (Å²) in [6, 6.07) is 13.7. The minimum absolute atomic E-state index is 0.463. The van der Waals surface area contributed by atoms with E-state index in [1.807, 2.05) is 36.4 Å². The second-order valence-electron chi connectivity index (χ2n) is 5.35. The predicted molar refractivity (Wildman–Crippen MR) is 87.2 cm³/mol. The van der Waals surface area contributed by atoms with Gasteiger partial charge in [-0.3, -0.25) is 0 Å². The van der Waals surface area contributed by atoms with Crippen molar-refractivity contribution >= 4 is 5.69 Å². The van der Waals surface area contributed by atoms with E-state index in [2.05, 4.69) is 26.8 Å². The van der Waals surface area contributed by atoms with Gasteiger partial charge in [-0.15, -0.1) is 0 Å². The molecule has 0 saturated heterocycles. The maximum Gasteiger partial charge on any atom is 0.154 e. The van der Waals surface area contributed by atoms with E-state index in [1.165, 1.54) is 5.56 Å². The number of ether oxygens (including phenoxy) is 2. The zero-order chi connectivity index (χ0) is 15.2. The molecule has 0 spiro atoms. The first kappa shape index (κ1) is 15.2. The van der Waals surface area contributed by atoms with Crippen LogP contribution in [-0.4, -0.2) is 6.61 Å². The lowest BCUT2D eigenvalue weighted by Crippen LogP contribution is -2.00. The number of hydrogen-bond acceptors (Lipinski definition) is 3. The Bertz CT molecular complexity index is 594. The minimum Gasteiger partial charge on any atom is -0.491 e. The molecule has 21 heavy (non-hydrogen) atoms. The summed E-state index contributed by atoms with van der Waals surface area (Å²) < 4.78 is 11.5. The Labute approximate surface area is 126 Å². The normalized spacial score (nSPS) is 10.7. The molecule has 0 fully saturated rings. The maximum atomic E-state index is 6.12. The number of rotatable bonds is 6. The van der Waals surface area contributed by atoms with Crippen LogP contribution in [0.3, 0.4) is 0 Å². The molecule has 2 rings (SSSR count). The molecule has 0 heterocycles. The van der Waals surface area contributed by atoms with Gasteiger partial charge in [-0.1, -0.05) is 39.0 Å². The molecule has 2 aromatic rings. The van der Waals surface area contributed by atoms with Crippen molar-refractivity contribution in [2.24, 2.45) is 0 Å². The molecular weight excluding hydrogens is 262 g/mol. The van der Waals surface area contributed by atoms with Crippen molar-refractivity contribution in [1.29, 1.82) is 0 Å². The van der Waals surface area contributed by atoms with Crippen molar-refractivity contribution in [2.45, 2.75) is 33.1 Å². The van der Waals surface area contributed by atoms with Crippen molar-refractivity contribution in [3.63, 3.8) is 0 Å². The van der Waals surface area contributed by atoms with Crippen molar-refractivity contribution in [3.8, 4) is 17.2 Å². The number of hydrogen-bond donors (Lipinski definition) is 1. The van der Waals surface area contributed by atoms with E-state index in [0.717, 1.165) is 12.2 Å². The van der Waals surface area contributed by atoms with Gasteiger partial charge in [0.25, 0.3) is 0 Å². The fraction of sp³-hybridized carbons (Fsp3) is 0.333. The lowest BCUT2D eigenvalue weighted by atomic mass is 10.0. The highest BCUT2D eigenvalue weighted by Crippen LogP contribution is 2.35. The second-order valence-corrected chi connectivity index (χ2v) is 5.35. The molecule has 0 aromatic heterocycles. The first-order valence-corrected chi connectivity index (χ1v) is 7.41. The van der Waals surface area contributed by atoms with Crippen molar-refractivity contribution in [3.05, 3.63) is 48.0 Å². The lowest BCUT2D eigenvalue weighted by molar-refractivity contribution is 0.318. The van der Waals surface area contributed by atoms with Gasteiger partial charge in [0, 0.05) is 0 Å². The van der Waals surface area contributed by atoms with Gasteiger partial charge in [-0.25, -0.2) is 0 Å². The Balaban J connectivity index is 2.21. The van der Waals surface area contributed by atoms with Crippen LogP contribution in [0.4, 0.5) is 5.69 Å². The third-order valence-electron chi connectivity index (χ3n) is 3.24. The molecule has 0 bridgehead atoms. The Hall–Kier alpha value is -2.16. The summed E-state index contributed by atoms with van der Waals surface area (Å²) in [5.74, 6) is 2.56. The average molecular weight is 285 g/mol. The van der Waals surface area contributed by atoms with Gasteiger partial charge in [0.05, 0.1) is 6.61 Å². The fourth-order valence-electron chi connectivity index (χ4n) is 2.01. The number of nitrogen functional groups attached to an aromatic ring is 1. The quantitative estimate of drug-likeness (QED) is 0.762. The summed E-state index contributed by atoms with van der Waals surface area (Å²) >= 11 is 0. The second kappa shape index (κ2) is 7.02. The molecular formula is C18H23NO2. The number of nitrogens with two attached hydrogens (primary N) is 1. The van der Waals surface area contributed by atoms with Crippen molar-refractivity contribution < 1.29 is 9.47 Å². The Morgan fingerprint density at radius 1 is 1.05 bits per heavy atom. The summed E-state index contributed by atoms with van der Waals surface area (Å²) in [5, 5.41) is 0. The van der Waals surface area contributed by atoms with Crippen LogP contribution >= 0.6 is 0 Å². The summed E-state index contributed by atoms with van der Waals surface area (Å²) in [6.45, 7) is 7.03. The van der Waals surface area contributed by atoms with Gasteiger partial charge in [0.2, 0.25) is 0 Å². The zero-order valence-corrected chi connectivity index (χ0v) is 12.9. The SMILES string of the molecule is CCCOc1cccc(Oc2cccc(C(C)C)c2)c1N. The number of anilines is 1. The fourth-order valence-corrected chi connectivity index (χ4v) is 2.01. The predicted octanol–water partition coefficient (Wildman–Crippen LogP) is 4.97. The summed E-state index contributed by atoms with van der Waals surface area (Å²) in [6.07, 6.45) is 0.945. The van der Waals surface area contributed by atoms with Gasteiger partial charge in [-0.05, 0) is 42.2 Å². The summed E-state index contributed by atoms with van der Waals surface area (Å²) in [5.41, 5.74) is 7.90. The average Bonchev–Trinajstić information content (AvgIpc) is 2.48. The van der Waals surface area contributed by atoms with E-state index in [-0.39, 0.29) is 0 Å². The van der Waals surface area contributed by atoms with Crippen molar-refractivity contribution in [2.75, 3.05) is 12.3 Å². The van der Waals surface area contributed by atoms with Gasteiger partial charge in [-0.2, -0.15) is 0 Å². The molecule has 0 amide bonds. The third kappa shape index (κ3) is 3.91. The highest BCUT2D eigenvalue weighted by atomic mass is 16.5. The van der Waals surface area contributed by atoms with Gasteiger partial charge in [0.1, 0.15) is 17.2 Å². The van der Waals surface area contributed by atoms with Crippen LogP contribution in [0.1, 0.15) is 38.7 Å². The molecule has 0 aliphatic rings. The van der Waals surface area contributed by atoms with E-state index in [1.54, 1.807) is 0 Å². The molecule has 3 heteroatoms. The highest BCUT2D eigenvalue weighted by molar-refractivity contribution is 5.63. The van der Waals surface area contributed by atoms with Crippen LogP contribution in [0.15, 0.2) is 42.5 Å². The van der Waals surface area contributed by atoms with Crippen LogP contribution < -0.4 is 15.2 Å². The topological polar surface area (TPSA) is 44.5 Å². The number of para-hydroxylation sites is 1. The van der Waals surface area contributed by atoms with Crippen LogP contribution in [0.25, 0.3) is 0 Å². The molecule has 2 N–H and O–H groups in total. The van der Waals surface area contributed by atoms with Crippen LogP contribution in [-0.2, 0) is 0 Å². The van der Waals surface area contributed by atoms with E-state index in [9.17, 15) is 0 Å². The zero-order valence-electron chi connectivity index (χ0n) is 12.9. The summed E-state index contributed by atoms with van der Waals surface area (Å²) in [4.78, 5) is 0. The van der Waals surface area contributed by atoms with Crippen LogP contribution in [0.5, 0.6) is 17.2 Å². The van der Waals surface area contributed by atoms with E-state index < -0.39 is 0 Å². The van der Waals surface area contributed by atoms with Crippen molar-refractivity contribution in [1.82, 2.24) is 0 Å². The molecule has 0 saturated carbocycles. The smallest absolute Gasteiger partial charge is 0.154 e. The Morgan fingerprint density at radius 3 is 2.48 bits per heavy atom. The first-order chi connectivity index (χ1) is 10.1. The van der Waals surface area contributed by atoms with Gasteiger partial charge >= 0.3 is 0 Å². The Kier molecular flexibility index (Phi) is 5.09. The molecule has 0 unspecified atom stereocenters. The number of benzene rings is 2. The third-order valence-corrected chi connectivity index (χ3v) is 3.24. The van der Waals surface area contributed by atoms with E-state index in [0.29, 0.717) is 29.7 Å². The molecule has 3 nitrogen and oxygen atoms in total. The first-order valence-electron chi connectivity index (χ1n) is 7.41. The highest BCUT2D eigenvalue weighted by Gasteiger charge is 2.09. The molecule has 2 aromatic carbocycles. The lowest BCUT2D eigenvalue weighted by Gasteiger charge is -2.14. The molecule has 0 aliphatic carbocycles. The van der Waals surface area contributed by atoms with Gasteiger partial charge < -0.3 is 15.2 Å². The maximum absolute atomic E-state index is 6.12. The van der Waals surface area contributed by atoms with Crippen LogP contribution in [0.2, 0.25) is 0 Å². The minimum atomic E-state index is 0.463. The van der Waals surface area contributed by atoms with E-state index in [4.69, 9.17) is 15.2 Å². The molecule has 0 aliphatic heterocycles. The van der Waals surface area contributed by atoms with E-state index >= 15 is 0 Å². The summed E-state index contributed by atoms with van der Waals surface area (Å²) in [7, 11) is 0. The molecule has 112 valence electrons. The largest absolute Gasteiger partial charge is 0.491 e. The Morgan fingerprint density at radius 2 is 1.76 bits per heavy atom. The molecule has 0 atom stereocenters. The standard InChI is InChI=1S/C18H23NO2/c1-4-11-20-16-9-6-10-17(18(16)19)21-15-8-5-7-14(12-15)13(2)3/h5-10,12-13H,4,11,19H2,1-3H3. The monoisotopic (exact) mass is 285 g/mol. The van der Waals surface area contributed by atoms with Gasteiger partial charge in [0.15, 0.2) is 5.75 Å².